The minimum Gasteiger partial charge on any atom is -0.477 e. The van der Waals surface area contributed by atoms with Crippen LogP contribution in [0, 0.1) is 0 Å². The summed E-state index contributed by atoms with van der Waals surface area (Å²) < 4.78 is 15.8. The second kappa shape index (κ2) is 7.06. The van der Waals surface area contributed by atoms with Crippen LogP contribution in [0.4, 0.5) is 0 Å². The topological polar surface area (TPSA) is 74.5 Å². The van der Waals surface area contributed by atoms with Crippen molar-refractivity contribution >= 4 is 17.3 Å². The molecule has 0 saturated carbocycles. The summed E-state index contributed by atoms with van der Waals surface area (Å²) in [5.74, 6) is 0.407. The van der Waals surface area contributed by atoms with Crippen molar-refractivity contribution in [3.8, 4) is 16.5 Å². The van der Waals surface area contributed by atoms with Crippen LogP contribution in [0.25, 0.3) is 10.6 Å². The van der Waals surface area contributed by atoms with E-state index in [-0.39, 0.29) is 18.1 Å². The molecule has 0 fully saturated rings. The van der Waals surface area contributed by atoms with Gasteiger partial charge in [-0.15, -0.1) is 11.3 Å². The number of rotatable bonds is 6. The van der Waals surface area contributed by atoms with Gasteiger partial charge in [-0.2, -0.15) is 0 Å². The molecule has 0 N–H and O–H groups in total. The van der Waals surface area contributed by atoms with Crippen molar-refractivity contribution in [3.05, 3.63) is 53.2 Å². The molecule has 3 aromatic heterocycles. The number of hydrogen-bond donors (Lipinski definition) is 0. The number of carbonyl (C=O) groups is 1. The van der Waals surface area contributed by atoms with E-state index >= 15 is 0 Å². The highest BCUT2D eigenvalue weighted by molar-refractivity contribution is 7.13. The second-order valence-corrected chi connectivity index (χ2v) is 5.47. The van der Waals surface area contributed by atoms with Crippen molar-refractivity contribution in [1.29, 1.82) is 0 Å². The first-order valence-corrected chi connectivity index (χ1v) is 7.90. The van der Waals surface area contributed by atoms with Gasteiger partial charge in [0.15, 0.2) is 5.76 Å². The lowest BCUT2D eigenvalue weighted by atomic mass is 10.3. The molecule has 6 nitrogen and oxygen atoms in total. The maximum Gasteiger partial charge on any atom is 0.344 e. The molecule has 0 bridgehead atoms. The lowest BCUT2D eigenvalue weighted by Crippen LogP contribution is -2.09. The fourth-order valence-corrected chi connectivity index (χ4v) is 2.60. The average molecular weight is 330 g/mol. The summed E-state index contributed by atoms with van der Waals surface area (Å²) in [5.41, 5.74) is 0.833. The zero-order chi connectivity index (χ0) is 16.1. The van der Waals surface area contributed by atoms with E-state index in [1.54, 1.807) is 35.7 Å². The maximum absolute atomic E-state index is 12.2. The molecular weight excluding hydrogens is 316 g/mol. The summed E-state index contributed by atoms with van der Waals surface area (Å²) >= 11 is 1.55. The van der Waals surface area contributed by atoms with Crippen molar-refractivity contribution in [2.45, 2.75) is 13.5 Å². The molecule has 0 aliphatic rings. The number of carbonyl (C=O) groups excluding carboxylic acids is 1. The third kappa shape index (κ3) is 3.57. The molecule has 0 aromatic carbocycles. The minimum atomic E-state index is -0.512. The van der Waals surface area contributed by atoms with Gasteiger partial charge in [-0.25, -0.2) is 9.78 Å². The van der Waals surface area contributed by atoms with Gasteiger partial charge in [-0.05, 0) is 30.5 Å². The van der Waals surface area contributed by atoms with E-state index in [4.69, 9.17) is 14.0 Å². The van der Waals surface area contributed by atoms with Crippen molar-refractivity contribution in [2.75, 3.05) is 6.61 Å². The normalized spacial score (nSPS) is 10.5. The van der Waals surface area contributed by atoms with E-state index in [1.807, 2.05) is 24.4 Å². The van der Waals surface area contributed by atoms with Gasteiger partial charge in [-0.1, -0.05) is 11.2 Å². The Balaban J connectivity index is 1.65. The zero-order valence-corrected chi connectivity index (χ0v) is 13.2. The molecule has 3 aromatic rings. The summed E-state index contributed by atoms with van der Waals surface area (Å²) in [6.07, 6.45) is 1.56. The molecule has 0 amide bonds. The van der Waals surface area contributed by atoms with Gasteiger partial charge < -0.3 is 14.0 Å². The predicted octanol–water partition coefficient (Wildman–Crippen LogP) is 3.55. The first kappa shape index (κ1) is 15.2. The number of pyridine rings is 1. The van der Waals surface area contributed by atoms with Gasteiger partial charge >= 0.3 is 5.97 Å². The second-order valence-electron chi connectivity index (χ2n) is 4.53. The first-order valence-electron chi connectivity index (χ1n) is 7.02. The molecule has 118 valence electrons. The standard InChI is InChI=1S/C16H14N2O4S/c1-2-20-15-12(5-3-7-17-15)16(19)21-10-11-9-13(22-18-11)14-6-4-8-23-14/h3-9H,2,10H2,1H3. The van der Waals surface area contributed by atoms with Crippen LogP contribution in [-0.2, 0) is 11.3 Å². The third-order valence-electron chi connectivity index (χ3n) is 2.95. The first-order chi connectivity index (χ1) is 11.3. The van der Waals surface area contributed by atoms with Crippen molar-refractivity contribution in [1.82, 2.24) is 10.1 Å². The fourth-order valence-electron chi connectivity index (χ4n) is 1.93. The Labute approximate surface area is 136 Å². The van der Waals surface area contributed by atoms with Gasteiger partial charge in [0.2, 0.25) is 5.88 Å². The molecule has 23 heavy (non-hydrogen) atoms. The van der Waals surface area contributed by atoms with E-state index in [9.17, 15) is 4.79 Å². The number of hydrogen-bond acceptors (Lipinski definition) is 7. The number of aromatic nitrogens is 2. The van der Waals surface area contributed by atoms with E-state index < -0.39 is 5.97 Å². The molecule has 3 heterocycles. The van der Waals surface area contributed by atoms with Gasteiger partial charge in [-0.3, -0.25) is 0 Å². The molecule has 3 rings (SSSR count). The highest BCUT2D eigenvalue weighted by Crippen LogP contribution is 2.25. The van der Waals surface area contributed by atoms with Gasteiger partial charge in [0, 0.05) is 12.3 Å². The Bertz CT molecular complexity index is 783. The van der Waals surface area contributed by atoms with Crippen molar-refractivity contribution in [2.24, 2.45) is 0 Å². The Morgan fingerprint density at radius 3 is 3.04 bits per heavy atom. The quantitative estimate of drug-likeness (QED) is 0.643. The summed E-state index contributed by atoms with van der Waals surface area (Å²) in [5, 5.41) is 5.86. The highest BCUT2D eigenvalue weighted by atomic mass is 32.1. The summed E-state index contributed by atoms with van der Waals surface area (Å²) in [7, 11) is 0. The highest BCUT2D eigenvalue weighted by Gasteiger charge is 2.16. The smallest absolute Gasteiger partial charge is 0.344 e. The van der Waals surface area contributed by atoms with E-state index in [1.165, 1.54) is 0 Å². The lowest BCUT2D eigenvalue weighted by Gasteiger charge is -2.07. The molecule has 0 aliphatic carbocycles. The number of thiophene rings is 1. The molecule has 0 saturated heterocycles. The Morgan fingerprint density at radius 2 is 2.26 bits per heavy atom. The van der Waals surface area contributed by atoms with Crippen LogP contribution in [0.5, 0.6) is 5.88 Å². The monoisotopic (exact) mass is 330 g/mol. The predicted molar refractivity (Wildman–Crippen MR) is 84.3 cm³/mol. The van der Waals surface area contributed by atoms with Crippen LogP contribution in [0.3, 0.4) is 0 Å². The van der Waals surface area contributed by atoms with Crippen LogP contribution >= 0.6 is 11.3 Å². The molecule has 0 aliphatic heterocycles. The Kier molecular flexibility index (Phi) is 4.68. The number of nitrogens with zero attached hydrogens (tertiary/aromatic N) is 2. The zero-order valence-electron chi connectivity index (χ0n) is 12.4. The molecule has 7 heteroatoms. The van der Waals surface area contributed by atoms with Crippen LogP contribution in [0.15, 0.2) is 46.4 Å². The SMILES string of the molecule is CCOc1ncccc1C(=O)OCc1cc(-c2cccs2)on1. The van der Waals surface area contributed by atoms with Crippen LogP contribution in [0.1, 0.15) is 23.0 Å². The fraction of sp³-hybridized carbons (Fsp3) is 0.188. The minimum absolute atomic E-state index is 0.0220. The van der Waals surface area contributed by atoms with Gasteiger partial charge in [0.25, 0.3) is 0 Å². The van der Waals surface area contributed by atoms with Gasteiger partial charge in [0.05, 0.1) is 11.5 Å². The Hall–Kier alpha value is -2.67. The van der Waals surface area contributed by atoms with E-state index in [2.05, 4.69) is 10.1 Å². The van der Waals surface area contributed by atoms with Crippen LogP contribution in [-0.4, -0.2) is 22.7 Å². The average Bonchev–Trinajstić information content (AvgIpc) is 3.24. The molecular formula is C16H14N2O4S. The molecule has 0 spiro atoms. The molecule has 0 radical (unpaired) electrons. The third-order valence-corrected chi connectivity index (χ3v) is 3.83. The lowest BCUT2D eigenvalue weighted by molar-refractivity contribution is 0.0459. The van der Waals surface area contributed by atoms with Crippen LogP contribution < -0.4 is 4.74 Å². The number of ether oxygens (including phenoxy) is 2. The summed E-state index contributed by atoms with van der Waals surface area (Å²) in [4.78, 5) is 17.2. The maximum atomic E-state index is 12.2. The van der Waals surface area contributed by atoms with Crippen molar-refractivity contribution in [3.63, 3.8) is 0 Å². The van der Waals surface area contributed by atoms with Crippen LogP contribution in [0.2, 0.25) is 0 Å². The van der Waals surface area contributed by atoms with Crippen molar-refractivity contribution < 1.29 is 18.8 Å². The summed E-state index contributed by atoms with van der Waals surface area (Å²) in [6.45, 7) is 2.27. The molecule has 0 atom stereocenters. The van der Waals surface area contributed by atoms with E-state index in [0.29, 0.717) is 18.1 Å². The molecule has 0 unspecified atom stereocenters. The Morgan fingerprint density at radius 1 is 1.35 bits per heavy atom. The van der Waals surface area contributed by atoms with E-state index in [0.717, 1.165) is 4.88 Å². The largest absolute Gasteiger partial charge is 0.477 e. The summed E-state index contributed by atoms with van der Waals surface area (Å²) in [6, 6.07) is 8.89. The van der Waals surface area contributed by atoms with Gasteiger partial charge in [0.1, 0.15) is 17.9 Å². The number of esters is 1.